The van der Waals surface area contributed by atoms with Gasteiger partial charge in [0.05, 0.1) is 6.04 Å². The Bertz CT molecular complexity index is 557. The molecule has 1 aromatic carbocycles. The van der Waals surface area contributed by atoms with Crippen LogP contribution in [0.4, 0.5) is 0 Å². The van der Waals surface area contributed by atoms with Gasteiger partial charge in [0.2, 0.25) is 6.35 Å². The van der Waals surface area contributed by atoms with E-state index in [0.717, 1.165) is 0 Å². The molecule has 2 unspecified atom stereocenters. The lowest BCUT2D eigenvalue weighted by atomic mass is 10.1. The van der Waals surface area contributed by atoms with Crippen molar-refractivity contribution in [1.82, 2.24) is 15.5 Å². The molecule has 114 valence electrons. The summed E-state index contributed by atoms with van der Waals surface area (Å²) >= 11 is 0. The number of phenolic OH excluding ortho intramolecular Hbond substituents is 1. The van der Waals surface area contributed by atoms with E-state index in [1.807, 2.05) is 26.8 Å². The number of aliphatic hydroxyl groups excluding tert-OH is 1. The Morgan fingerprint density at radius 1 is 1.29 bits per heavy atom. The van der Waals surface area contributed by atoms with Crippen LogP contribution in [0.2, 0.25) is 0 Å². The average Bonchev–Trinajstić information content (AvgIpc) is 2.37. The predicted molar refractivity (Wildman–Crippen MR) is 78.9 cm³/mol. The highest BCUT2D eigenvalue weighted by atomic mass is 16.3. The van der Waals surface area contributed by atoms with Crippen LogP contribution in [-0.4, -0.2) is 33.4 Å². The predicted octanol–water partition coefficient (Wildman–Crippen LogP) is 1.00. The molecule has 2 rings (SSSR count). The van der Waals surface area contributed by atoms with Gasteiger partial charge in [0.1, 0.15) is 11.6 Å². The van der Waals surface area contributed by atoms with Crippen molar-refractivity contribution < 1.29 is 15.0 Å². The number of nitrogens with one attached hydrogen (secondary N) is 2. The lowest BCUT2D eigenvalue weighted by Gasteiger charge is -2.36. The van der Waals surface area contributed by atoms with E-state index in [0.29, 0.717) is 11.4 Å². The number of amides is 1. The number of para-hydroxylation sites is 1. The number of hydrogen-bond donors (Lipinski definition) is 4. The second kappa shape index (κ2) is 6.05. The molecule has 0 bridgehead atoms. The third-order valence-electron chi connectivity index (χ3n) is 3.40. The number of carbonyl (C=O) groups is 1. The molecule has 0 aliphatic carbocycles. The number of nitrogens with zero attached hydrogens (tertiary/aromatic N) is 1. The lowest BCUT2D eigenvalue weighted by molar-refractivity contribution is -0.143. The summed E-state index contributed by atoms with van der Waals surface area (Å²) < 4.78 is 0. The van der Waals surface area contributed by atoms with Gasteiger partial charge in [0, 0.05) is 17.7 Å². The molecule has 1 aliphatic rings. The van der Waals surface area contributed by atoms with E-state index in [9.17, 15) is 15.0 Å². The monoisotopic (exact) mass is 291 g/mol. The molecule has 0 spiro atoms. The molecular weight excluding hydrogens is 270 g/mol. The summed E-state index contributed by atoms with van der Waals surface area (Å²) in [6, 6.07) is 6.67. The Hall–Kier alpha value is -2.21. The highest BCUT2D eigenvalue weighted by molar-refractivity contribution is 5.89. The number of benzene rings is 1. The van der Waals surface area contributed by atoms with Crippen LogP contribution in [0.3, 0.4) is 0 Å². The Labute approximate surface area is 124 Å². The highest BCUT2D eigenvalue weighted by Crippen LogP contribution is 2.24. The Balaban J connectivity index is 2.12. The van der Waals surface area contributed by atoms with Gasteiger partial charge in [-0.15, -0.1) is 0 Å². The summed E-state index contributed by atoms with van der Waals surface area (Å²) in [5.74, 6) is 0.355. The van der Waals surface area contributed by atoms with Crippen molar-refractivity contribution in [3.63, 3.8) is 0 Å². The maximum Gasteiger partial charge on any atom is 0.253 e. The Morgan fingerprint density at radius 3 is 2.52 bits per heavy atom. The van der Waals surface area contributed by atoms with Crippen molar-refractivity contribution >= 4 is 5.91 Å². The Kier molecular flexibility index (Phi) is 4.37. The van der Waals surface area contributed by atoms with E-state index in [1.54, 1.807) is 18.2 Å². The second-order valence-corrected chi connectivity index (χ2v) is 5.34. The maximum atomic E-state index is 12.0. The first-order valence-corrected chi connectivity index (χ1v) is 6.93. The molecule has 0 radical (unpaired) electrons. The fourth-order valence-corrected chi connectivity index (χ4v) is 2.35. The van der Waals surface area contributed by atoms with Crippen molar-refractivity contribution in [1.29, 1.82) is 0 Å². The molecule has 1 aliphatic heterocycles. The van der Waals surface area contributed by atoms with E-state index in [-0.39, 0.29) is 23.7 Å². The van der Waals surface area contributed by atoms with Crippen LogP contribution in [0.5, 0.6) is 5.75 Å². The van der Waals surface area contributed by atoms with Crippen LogP contribution in [-0.2, 0) is 4.79 Å². The van der Waals surface area contributed by atoms with E-state index in [4.69, 9.17) is 0 Å². The minimum absolute atomic E-state index is 0.103. The second-order valence-electron chi connectivity index (χ2n) is 5.34. The number of phenols is 1. The van der Waals surface area contributed by atoms with E-state index >= 15 is 0 Å². The first-order chi connectivity index (χ1) is 9.90. The molecule has 0 aromatic heterocycles. The zero-order chi connectivity index (χ0) is 15.6. The highest BCUT2D eigenvalue weighted by Gasteiger charge is 2.28. The molecule has 1 aromatic rings. The Morgan fingerprint density at radius 2 is 1.95 bits per heavy atom. The minimum atomic E-state index is -1.07. The van der Waals surface area contributed by atoms with Crippen molar-refractivity contribution in [3.05, 3.63) is 41.7 Å². The van der Waals surface area contributed by atoms with Gasteiger partial charge in [-0.25, -0.2) is 0 Å². The van der Waals surface area contributed by atoms with Crippen molar-refractivity contribution in [3.8, 4) is 5.75 Å². The molecule has 2 atom stereocenters. The molecule has 1 heterocycles. The zero-order valence-corrected chi connectivity index (χ0v) is 12.4. The fraction of sp³-hybridized carbons (Fsp3) is 0.400. The van der Waals surface area contributed by atoms with Gasteiger partial charge >= 0.3 is 0 Å². The molecule has 0 saturated carbocycles. The summed E-state index contributed by atoms with van der Waals surface area (Å²) in [7, 11) is 0. The van der Waals surface area contributed by atoms with Crippen molar-refractivity contribution in [2.45, 2.75) is 39.2 Å². The van der Waals surface area contributed by atoms with Gasteiger partial charge in [-0.3, -0.25) is 9.69 Å². The third-order valence-corrected chi connectivity index (χ3v) is 3.40. The molecule has 21 heavy (non-hydrogen) atoms. The number of carbonyl (C=O) groups excluding carboxylic acids is 1. The van der Waals surface area contributed by atoms with Crippen molar-refractivity contribution in [2.75, 3.05) is 0 Å². The minimum Gasteiger partial charge on any atom is -0.508 e. The normalized spacial score (nSPS) is 20.0. The third kappa shape index (κ3) is 3.28. The molecular formula is C15H21N3O3. The topological polar surface area (TPSA) is 84.8 Å². The van der Waals surface area contributed by atoms with Gasteiger partial charge in [0.15, 0.2) is 0 Å². The molecule has 6 nitrogen and oxygen atoms in total. The van der Waals surface area contributed by atoms with E-state index in [1.165, 1.54) is 11.0 Å². The lowest BCUT2D eigenvalue weighted by Crippen LogP contribution is -2.56. The van der Waals surface area contributed by atoms with Crippen LogP contribution in [0.15, 0.2) is 36.2 Å². The summed E-state index contributed by atoms with van der Waals surface area (Å²) in [6.07, 6.45) is 0.338. The first-order valence-electron chi connectivity index (χ1n) is 6.93. The fourth-order valence-electron chi connectivity index (χ4n) is 2.35. The summed E-state index contributed by atoms with van der Waals surface area (Å²) in [5.41, 5.74) is 0.716. The van der Waals surface area contributed by atoms with Crippen LogP contribution in [0.1, 0.15) is 32.4 Å². The summed E-state index contributed by atoms with van der Waals surface area (Å²) in [6.45, 7) is 5.53. The zero-order valence-electron chi connectivity index (χ0n) is 12.4. The average molecular weight is 291 g/mol. The van der Waals surface area contributed by atoms with Crippen LogP contribution < -0.4 is 10.6 Å². The van der Waals surface area contributed by atoms with Gasteiger partial charge < -0.3 is 20.8 Å². The summed E-state index contributed by atoms with van der Waals surface area (Å²) in [4.78, 5) is 13.3. The van der Waals surface area contributed by atoms with Crippen LogP contribution in [0, 0.1) is 0 Å². The van der Waals surface area contributed by atoms with Gasteiger partial charge in [-0.1, -0.05) is 18.2 Å². The van der Waals surface area contributed by atoms with Gasteiger partial charge in [-0.05, 0) is 26.8 Å². The van der Waals surface area contributed by atoms with Crippen LogP contribution >= 0.6 is 0 Å². The van der Waals surface area contributed by atoms with Gasteiger partial charge in [0.25, 0.3) is 5.91 Å². The van der Waals surface area contributed by atoms with Gasteiger partial charge in [-0.2, -0.15) is 0 Å². The first kappa shape index (κ1) is 15.2. The molecule has 4 N–H and O–H groups in total. The smallest absolute Gasteiger partial charge is 0.253 e. The molecule has 1 amide bonds. The summed E-state index contributed by atoms with van der Waals surface area (Å²) in [5, 5.41) is 25.7. The quantitative estimate of drug-likeness (QED) is 0.665. The number of rotatable bonds is 4. The SMILES string of the molecule is CC(NC1=CC(=O)N(C(C)C)C(O)N1)c1ccccc1O. The van der Waals surface area contributed by atoms with E-state index < -0.39 is 6.35 Å². The number of aliphatic hydroxyl groups is 1. The van der Waals surface area contributed by atoms with Crippen LogP contribution in [0.25, 0.3) is 0 Å². The molecule has 0 saturated heterocycles. The standard InChI is InChI=1S/C15H21N3O3/c1-9(2)18-14(20)8-13(17-15(18)21)16-10(3)11-6-4-5-7-12(11)19/h4-10,15-17,19,21H,1-3H3. The molecule has 6 heteroatoms. The number of aromatic hydroxyl groups is 1. The molecule has 0 fully saturated rings. The number of hydrogen-bond acceptors (Lipinski definition) is 5. The van der Waals surface area contributed by atoms with Crippen molar-refractivity contribution in [2.24, 2.45) is 0 Å². The van der Waals surface area contributed by atoms with E-state index in [2.05, 4.69) is 10.6 Å². The largest absolute Gasteiger partial charge is 0.508 e. The maximum absolute atomic E-state index is 12.0.